The Hall–Kier alpha value is -2.36. The number of benzene rings is 1. The molecule has 1 aromatic carbocycles. The molecular weight excluding hydrogens is 238 g/mol. The molecule has 0 unspecified atom stereocenters. The molecule has 0 aliphatic heterocycles. The van der Waals surface area contributed by atoms with Crippen LogP contribution in [-0.2, 0) is 6.54 Å². The first-order chi connectivity index (χ1) is 9.06. The highest BCUT2D eigenvalue weighted by molar-refractivity contribution is 5.93. The van der Waals surface area contributed by atoms with E-state index in [0.717, 1.165) is 22.5 Å². The normalized spacial score (nSPS) is 10.2. The third-order valence-corrected chi connectivity index (χ3v) is 2.94. The second kappa shape index (κ2) is 5.52. The lowest BCUT2D eigenvalue weighted by atomic mass is 10.1. The number of nitrogens with zero attached hydrogens (tertiary/aromatic N) is 1. The number of aryl methyl sites for hydroxylation is 2. The van der Waals surface area contributed by atoms with Crippen LogP contribution in [0.4, 0.5) is 5.69 Å². The lowest BCUT2D eigenvalue weighted by molar-refractivity contribution is 0.1000. The minimum absolute atomic E-state index is 0.408. The summed E-state index contributed by atoms with van der Waals surface area (Å²) < 4.78 is 0. The van der Waals surface area contributed by atoms with Crippen molar-refractivity contribution in [2.45, 2.75) is 20.4 Å². The van der Waals surface area contributed by atoms with E-state index in [1.54, 1.807) is 12.1 Å². The quantitative estimate of drug-likeness (QED) is 0.881. The van der Waals surface area contributed by atoms with Gasteiger partial charge in [-0.15, -0.1) is 0 Å². The van der Waals surface area contributed by atoms with Crippen molar-refractivity contribution in [1.29, 1.82) is 0 Å². The molecule has 0 radical (unpaired) electrons. The molecule has 3 N–H and O–H groups in total. The number of nitrogens with two attached hydrogens (primary N) is 1. The van der Waals surface area contributed by atoms with Crippen LogP contribution >= 0.6 is 0 Å². The van der Waals surface area contributed by atoms with E-state index in [1.165, 1.54) is 0 Å². The molecule has 0 fully saturated rings. The van der Waals surface area contributed by atoms with Gasteiger partial charge >= 0.3 is 0 Å². The zero-order valence-electron chi connectivity index (χ0n) is 11.1. The van der Waals surface area contributed by atoms with Crippen molar-refractivity contribution >= 4 is 11.6 Å². The topological polar surface area (TPSA) is 68.0 Å². The first kappa shape index (κ1) is 13.1. The molecule has 0 spiro atoms. The molecule has 0 saturated carbocycles. The third kappa shape index (κ3) is 3.31. The van der Waals surface area contributed by atoms with Crippen LogP contribution in [0.2, 0.25) is 0 Å². The van der Waals surface area contributed by atoms with Crippen LogP contribution < -0.4 is 11.1 Å². The van der Waals surface area contributed by atoms with Crippen LogP contribution in [0.1, 0.15) is 27.2 Å². The summed E-state index contributed by atoms with van der Waals surface area (Å²) in [5, 5.41) is 3.30. The van der Waals surface area contributed by atoms with Gasteiger partial charge in [-0.3, -0.25) is 9.78 Å². The Morgan fingerprint density at radius 2 is 2.05 bits per heavy atom. The number of aromatic nitrogens is 1. The minimum atomic E-state index is -0.408. The van der Waals surface area contributed by atoms with Crippen molar-refractivity contribution in [3.8, 4) is 0 Å². The van der Waals surface area contributed by atoms with E-state index >= 15 is 0 Å². The molecule has 1 heterocycles. The number of anilines is 1. The van der Waals surface area contributed by atoms with Crippen molar-refractivity contribution in [1.82, 2.24) is 4.98 Å². The van der Waals surface area contributed by atoms with E-state index in [-0.39, 0.29) is 0 Å². The van der Waals surface area contributed by atoms with Gasteiger partial charge in [0.1, 0.15) is 0 Å². The Morgan fingerprint density at radius 1 is 1.26 bits per heavy atom. The first-order valence-electron chi connectivity index (χ1n) is 6.12. The SMILES string of the molecule is Cc1ccc(CNc2ccc(C(N)=O)cc2C)nc1. The van der Waals surface area contributed by atoms with Crippen molar-refractivity contribution in [2.75, 3.05) is 5.32 Å². The molecule has 4 nitrogen and oxygen atoms in total. The van der Waals surface area contributed by atoms with Crippen molar-refractivity contribution < 1.29 is 4.79 Å². The summed E-state index contributed by atoms with van der Waals surface area (Å²) in [4.78, 5) is 15.4. The fraction of sp³-hybridized carbons (Fsp3) is 0.200. The summed E-state index contributed by atoms with van der Waals surface area (Å²) in [5.41, 5.74) is 9.86. The second-order valence-corrected chi connectivity index (χ2v) is 4.57. The summed E-state index contributed by atoms with van der Waals surface area (Å²) in [6.45, 7) is 4.60. The maximum Gasteiger partial charge on any atom is 0.248 e. The highest BCUT2D eigenvalue weighted by Crippen LogP contribution is 2.17. The van der Waals surface area contributed by atoms with E-state index in [2.05, 4.69) is 10.3 Å². The number of nitrogens with one attached hydrogen (secondary N) is 1. The number of hydrogen-bond acceptors (Lipinski definition) is 3. The Morgan fingerprint density at radius 3 is 2.63 bits per heavy atom. The van der Waals surface area contributed by atoms with Crippen LogP contribution in [0, 0.1) is 13.8 Å². The van der Waals surface area contributed by atoms with Crippen LogP contribution in [0.5, 0.6) is 0 Å². The standard InChI is InChI=1S/C15H17N3O/c1-10-3-5-13(17-8-10)9-18-14-6-4-12(15(16)19)7-11(14)2/h3-8,18H,9H2,1-2H3,(H2,16,19). The van der Waals surface area contributed by atoms with Gasteiger partial charge in [-0.1, -0.05) is 6.07 Å². The average Bonchev–Trinajstić information content (AvgIpc) is 2.39. The highest BCUT2D eigenvalue weighted by atomic mass is 16.1. The van der Waals surface area contributed by atoms with Crippen molar-refractivity contribution in [2.24, 2.45) is 5.73 Å². The molecule has 0 saturated heterocycles. The Bertz CT molecular complexity index is 591. The number of pyridine rings is 1. The lowest BCUT2D eigenvalue weighted by Gasteiger charge is -2.10. The number of hydrogen-bond donors (Lipinski definition) is 2. The molecule has 1 aromatic heterocycles. The maximum atomic E-state index is 11.1. The maximum absolute atomic E-state index is 11.1. The summed E-state index contributed by atoms with van der Waals surface area (Å²) in [6.07, 6.45) is 1.85. The Balaban J connectivity index is 2.07. The predicted octanol–water partition coefficient (Wildman–Crippen LogP) is 2.41. The molecule has 2 aromatic rings. The molecule has 0 aliphatic rings. The highest BCUT2D eigenvalue weighted by Gasteiger charge is 2.04. The van der Waals surface area contributed by atoms with E-state index in [1.807, 2.05) is 38.2 Å². The summed E-state index contributed by atoms with van der Waals surface area (Å²) in [5.74, 6) is -0.408. The van der Waals surface area contributed by atoms with Crippen LogP contribution in [-0.4, -0.2) is 10.9 Å². The zero-order valence-corrected chi connectivity index (χ0v) is 11.1. The summed E-state index contributed by atoms with van der Waals surface area (Å²) in [6, 6.07) is 9.40. The van der Waals surface area contributed by atoms with Crippen LogP contribution in [0.25, 0.3) is 0 Å². The van der Waals surface area contributed by atoms with Crippen LogP contribution in [0.3, 0.4) is 0 Å². The van der Waals surface area contributed by atoms with E-state index in [4.69, 9.17) is 5.73 Å². The van der Waals surface area contributed by atoms with E-state index in [0.29, 0.717) is 12.1 Å². The largest absolute Gasteiger partial charge is 0.379 e. The van der Waals surface area contributed by atoms with E-state index < -0.39 is 5.91 Å². The smallest absolute Gasteiger partial charge is 0.248 e. The van der Waals surface area contributed by atoms with Gasteiger partial charge in [-0.2, -0.15) is 0 Å². The second-order valence-electron chi connectivity index (χ2n) is 4.57. The molecule has 0 atom stereocenters. The lowest BCUT2D eigenvalue weighted by Crippen LogP contribution is -2.11. The molecular formula is C15H17N3O. The predicted molar refractivity (Wildman–Crippen MR) is 76.0 cm³/mol. The fourth-order valence-electron chi connectivity index (χ4n) is 1.80. The minimum Gasteiger partial charge on any atom is -0.379 e. The number of rotatable bonds is 4. The zero-order chi connectivity index (χ0) is 13.8. The summed E-state index contributed by atoms with van der Waals surface area (Å²) in [7, 11) is 0. The van der Waals surface area contributed by atoms with Gasteiger partial charge in [-0.25, -0.2) is 0 Å². The fourth-order valence-corrected chi connectivity index (χ4v) is 1.80. The molecule has 19 heavy (non-hydrogen) atoms. The van der Waals surface area contributed by atoms with Gasteiger partial charge in [0.15, 0.2) is 0 Å². The molecule has 98 valence electrons. The van der Waals surface area contributed by atoms with Gasteiger partial charge in [0.2, 0.25) is 5.91 Å². The van der Waals surface area contributed by atoms with Crippen LogP contribution in [0.15, 0.2) is 36.5 Å². The first-order valence-corrected chi connectivity index (χ1v) is 6.12. The number of carbonyl (C=O) groups excluding carboxylic acids is 1. The van der Waals surface area contributed by atoms with Crippen molar-refractivity contribution in [3.05, 3.63) is 58.9 Å². The Kier molecular flexibility index (Phi) is 3.80. The molecule has 1 amide bonds. The monoisotopic (exact) mass is 255 g/mol. The van der Waals surface area contributed by atoms with Gasteiger partial charge in [0, 0.05) is 17.4 Å². The van der Waals surface area contributed by atoms with E-state index in [9.17, 15) is 4.79 Å². The average molecular weight is 255 g/mol. The van der Waals surface area contributed by atoms with Gasteiger partial charge in [0.25, 0.3) is 0 Å². The number of amides is 1. The van der Waals surface area contributed by atoms with Gasteiger partial charge in [-0.05, 0) is 49.2 Å². The number of carbonyl (C=O) groups is 1. The Labute approximate surface area is 112 Å². The van der Waals surface area contributed by atoms with Crippen molar-refractivity contribution in [3.63, 3.8) is 0 Å². The van der Waals surface area contributed by atoms with Gasteiger partial charge < -0.3 is 11.1 Å². The van der Waals surface area contributed by atoms with Gasteiger partial charge in [0.05, 0.1) is 12.2 Å². The molecule has 4 heteroatoms. The molecule has 2 rings (SSSR count). The molecule has 0 bridgehead atoms. The third-order valence-electron chi connectivity index (χ3n) is 2.94. The molecule has 0 aliphatic carbocycles. The summed E-state index contributed by atoms with van der Waals surface area (Å²) >= 11 is 0. The number of primary amides is 1.